The summed E-state index contributed by atoms with van der Waals surface area (Å²) in [6.07, 6.45) is 1.95. The quantitative estimate of drug-likeness (QED) is 0.501. The molecule has 0 atom stereocenters. The lowest BCUT2D eigenvalue weighted by molar-refractivity contribution is -0.132. The Morgan fingerprint density at radius 3 is 2.37 bits per heavy atom. The van der Waals surface area contributed by atoms with E-state index in [9.17, 15) is 23.1 Å². The highest BCUT2D eigenvalue weighted by Gasteiger charge is 2.28. The van der Waals surface area contributed by atoms with E-state index in [0.29, 0.717) is 49.3 Å². The molecule has 1 N–H and O–H groups in total. The molecule has 1 amide bonds. The van der Waals surface area contributed by atoms with Crippen molar-refractivity contribution < 1.29 is 23.1 Å². The van der Waals surface area contributed by atoms with Gasteiger partial charge in [0.1, 0.15) is 11.6 Å². The van der Waals surface area contributed by atoms with Gasteiger partial charge in [0.25, 0.3) is 0 Å². The third kappa shape index (κ3) is 5.08. The van der Waals surface area contributed by atoms with Gasteiger partial charge in [-0.3, -0.25) is 9.59 Å². The number of aromatic nitrogens is 2. The molecule has 10 heteroatoms. The van der Waals surface area contributed by atoms with Gasteiger partial charge in [0.15, 0.2) is 5.78 Å². The van der Waals surface area contributed by atoms with Gasteiger partial charge in [-0.25, -0.2) is 17.7 Å². The molecule has 35 heavy (non-hydrogen) atoms. The number of imidazole rings is 1. The SMILES string of the molecule is CN(C)S(=O)(=O)c1ccc2c(c1)nc(CCC(=O)N1CCC(C(=O)c3ccc(O)cc3)CC1)n2C. The Morgan fingerprint density at radius 2 is 1.74 bits per heavy atom. The number of amides is 1. The normalized spacial score (nSPS) is 15.1. The van der Waals surface area contributed by atoms with Gasteiger partial charge in [0, 0.05) is 58.6 Å². The van der Waals surface area contributed by atoms with Crippen molar-refractivity contribution >= 4 is 32.7 Å². The number of aromatic hydroxyl groups is 1. The number of Topliss-reactive ketones (excluding diaryl/α,β-unsaturated/α-hetero) is 1. The Balaban J connectivity index is 1.36. The van der Waals surface area contributed by atoms with Crippen LogP contribution in [0.2, 0.25) is 0 Å². The number of hydrogen-bond donors (Lipinski definition) is 1. The maximum Gasteiger partial charge on any atom is 0.242 e. The standard InChI is InChI=1S/C25H30N4O5S/c1-27(2)35(33,34)20-8-9-22-21(16-20)26-23(28(22)3)10-11-24(31)29-14-12-18(13-15-29)25(32)17-4-6-19(30)7-5-17/h4-9,16,18,30H,10-15H2,1-3H3. The number of ketones is 1. The van der Waals surface area contributed by atoms with Crippen molar-refractivity contribution in [3.63, 3.8) is 0 Å². The summed E-state index contributed by atoms with van der Waals surface area (Å²) >= 11 is 0. The lowest BCUT2D eigenvalue weighted by Gasteiger charge is -2.31. The number of piperidine rings is 1. The number of aryl methyl sites for hydroxylation is 2. The lowest BCUT2D eigenvalue weighted by atomic mass is 9.88. The summed E-state index contributed by atoms with van der Waals surface area (Å²) < 4.78 is 27.9. The van der Waals surface area contributed by atoms with Gasteiger partial charge in [-0.05, 0) is 55.3 Å². The number of carbonyl (C=O) groups excluding carboxylic acids is 2. The fourth-order valence-electron chi connectivity index (χ4n) is 4.45. The Labute approximate surface area is 205 Å². The van der Waals surface area contributed by atoms with Gasteiger partial charge >= 0.3 is 0 Å². The summed E-state index contributed by atoms with van der Waals surface area (Å²) in [6.45, 7) is 1.06. The second-order valence-corrected chi connectivity index (χ2v) is 11.2. The highest BCUT2D eigenvalue weighted by atomic mass is 32.2. The van der Waals surface area contributed by atoms with E-state index in [1.54, 1.807) is 35.2 Å². The fraction of sp³-hybridized carbons (Fsp3) is 0.400. The summed E-state index contributed by atoms with van der Waals surface area (Å²) in [4.78, 5) is 32.1. The van der Waals surface area contributed by atoms with E-state index in [4.69, 9.17) is 0 Å². The molecule has 0 spiro atoms. The van der Waals surface area contributed by atoms with Crippen LogP contribution in [0.5, 0.6) is 5.75 Å². The molecule has 0 aliphatic carbocycles. The maximum absolute atomic E-state index is 12.8. The summed E-state index contributed by atoms with van der Waals surface area (Å²) in [6, 6.07) is 11.1. The summed E-state index contributed by atoms with van der Waals surface area (Å²) in [5, 5.41) is 9.41. The molecule has 186 valence electrons. The second-order valence-electron chi connectivity index (χ2n) is 9.09. The Hall–Kier alpha value is -3.24. The molecular formula is C25H30N4O5S. The van der Waals surface area contributed by atoms with Crippen LogP contribution in [0.4, 0.5) is 0 Å². The molecule has 3 aromatic rings. The van der Waals surface area contributed by atoms with E-state index in [0.717, 1.165) is 9.82 Å². The van der Waals surface area contributed by atoms with Crippen LogP contribution in [-0.2, 0) is 28.3 Å². The number of likely N-dealkylation sites (tertiary alicyclic amines) is 1. The van der Waals surface area contributed by atoms with Gasteiger partial charge in [-0.2, -0.15) is 0 Å². The largest absolute Gasteiger partial charge is 0.508 e. The molecule has 2 aromatic carbocycles. The number of rotatable bonds is 7. The zero-order valence-corrected chi connectivity index (χ0v) is 21.0. The lowest BCUT2D eigenvalue weighted by Crippen LogP contribution is -2.40. The Bertz CT molecular complexity index is 1350. The average molecular weight is 499 g/mol. The smallest absolute Gasteiger partial charge is 0.242 e. The molecule has 1 saturated heterocycles. The monoisotopic (exact) mass is 498 g/mol. The van der Waals surface area contributed by atoms with Gasteiger partial charge in [-0.15, -0.1) is 0 Å². The molecule has 1 aliphatic rings. The third-order valence-corrected chi connectivity index (χ3v) is 8.47. The van der Waals surface area contributed by atoms with Crippen LogP contribution in [0.15, 0.2) is 47.4 Å². The average Bonchev–Trinajstić information content (AvgIpc) is 3.17. The molecule has 1 fully saturated rings. The number of sulfonamides is 1. The van der Waals surface area contributed by atoms with Crippen LogP contribution >= 0.6 is 0 Å². The Morgan fingerprint density at radius 1 is 1.09 bits per heavy atom. The van der Waals surface area contributed by atoms with E-state index in [1.165, 1.54) is 26.2 Å². The minimum atomic E-state index is -3.55. The molecule has 9 nitrogen and oxygen atoms in total. The van der Waals surface area contributed by atoms with Gasteiger partial charge in [0.2, 0.25) is 15.9 Å². The van der Waals surface area contributed by atoms with Crippen LogP contribution in [0.3, 0.4) is 0 Å². The molecular weight excluding hydrogens is 468 g/mol. The topological polar surface area (TPSA) is 113 Å². The van der Waals surface area contributed by atoms with Crippen molar-refractivity contribution in [3.8, 4) is 5.75 Å². The number of fused-ring (bicyclic) bond motifs is 1. The Kier molecular flexibility index (Phi) is 6.95. The highest BCUT2D eigenvalue weighted by Crippen LogP contribution is 2.25. The zero-order valence-electron chi connectivity index (χ0n) is 20.1. The van der Waals surface area contributed by atoms with Crippen LogP contribution in [-0.4, -0.2) is 71.2 Å². The first-order valence-electron chi connectivity index (χ1n) is 11.6. The predicted molar refractivity (Wildman–Crippen MR) is 132 cm³/mol. The minimum Gasteiger partial charge on any atom is -0.508 e. The van der Waals surface area contributed by atoms with Crippen molar-refractivity contribution in [2.24, 2.45) is 13.0 Å². The molecule has 0 unspecified atom stereocenters. The first-order chi connectivity index (χ1) is 16.6. The van der Waals surface area contributed by atoms with E-state index in [2.05, 4.69) is 4.98 Å². The van der Waals surface area contributed by atoms with E-state index >= 15 is 0 Å². The number of hydrogen-bond acceptors (Lipinski definition) is 6. The zero-order chi connectivity index (χ0) is 25.3. The van der Waals surface area contributed by atoms with Gasteiger partial charge < -0.3 is 14.6 Å². The van der Waals surface area contributed by atoms with Crippen LogP contribution in [0.25, 0.3) is 11.0 Å². The highest BCUT2D eigenvalue weighted by molar-refractivity contribution is 7.89. The summed E-state index contributed by atoms with van der Waals surface area (Å²) in [7, 11) is 1.28. The van der Waals surface area contributed by atoms with E-state index < -0.39 is 10.0 Å². The summed E-state index contributed by atoms with van der Waals surface area (Å²) in [5.74, 6) is 0.777. The first-order valence-corrected chi connectivity index (χ1v) is 13.0. The van der Waals surface area contributed by atoms with Crippen molar-refractivity contribution in [3.05, 3.63) is 53.9 Å². The molecule has 4 rings (SSSR count). The number of benzene rings is 2. The van der Waals surface area contributed by atoms with Crippen LogP contribution < -0.4 is 0 Å². The molecule has 0 saturated carbocycles. The van der Waals surface area contributed by atoms with Crippen LogP contribution in [0, 0.1) is 5.92 Å². The summed E-state index contributed by atoms with van der Waals surface area (Å²) in [5.41, 5.74) is 1.96. The fourth-order valence-corrected chi connectivity index (χ4v) is 5.38. The minimum absolute atomic E-state index is 0.0171. The second kappa shape index (κ2) is 9.79. The molecule has 2 heterocycles. The predicted octanol–water partition coefficient (Wildman–Crippen LogP) is 2.58. The third-order valence-electron chi connectivity index (χ3n) is 6.66. The molecule has 1 aliphatic heterocycles. The molecule has 0 bridgehead atoms. The van der Waals surface area contributed by atoms with Crippen molar-refractivity contribution in [2.75, 3.05) is 27.2 Å². The number of phenolic OH excluding ortho intramolecular Hbond substituents is 1. The number of nitrogens with zero attached hydrogens (tertiary/aromatic N) is 4. The van der Waals surface area contributed by atoms with Crippen LogP contribution in [0.1, 0.15) is 35.4 Å². The van der Waals surface area contributed by atoms with Gasteiger partial charge in [-0.1, -0.05) is 0 Å². The van der Waals surface area contributed by atoms with E-state index in [1.807, 2.05) is 11.6 Å². The molecule has 0 radical (unpaired) electrons. The van der Waals surface area contributed by atoms with Crippen molar-refractivity contribution in [2.45, 2.75) is 30.6 Å². The maximum atomic E-state index is 12.8. The number of phenols is 1. The number of carbonyl (C=O) groups is 2. The van der Waals surface area contributed by atoms with Gasteiger partial charge in [0.05, 0.1) is 15.9 Å². The van der Waals surface area contributed by atoms with E-state index in [-0.39, 0.29) is 34.7 Å². The molecule has 1 aromatic heterocycles. The van der Waals surface area contributed by atoms with Crippen molar-refractivity contribution in [1.82, 2.24) is 18.8 Å². The first kappa shape index (κ1) is 24.9. The van der Waals surface area contributed by atoms with Crippen molar-refractivity contribution in [1.29, 1.82) is 0 Å².